The van der Waals surface area contributed by atoms with Crippen LogP contribution < -0.4 is 16.1 Å². The number of aromatic carboxylic acids is 1. The Bertz CT molecular complexity index is 1060. The minimum absolute atomic E-state index is 0.0204. The largest absolute Gasteiger partial charge is 0.477 e. The first-order valence-electron chi connectivity index (χ1n) is 9.90. The lowest BCUT2D eigenvalue weighted by Crippen LogP contribution is -2.34. The maximum absolute atomic E-state index is 13.9. The molecule has 0 amide bonds. The van der Waals surface area contributed by atoms with Crippen LogP contribution in [0.2, 0.25) is 0 Å². The molecule has 3 N–H and O–H groups in total. The fourth-order valence-electron chi connectivity index (χ4n) is 4.81. The molecule has 0 bridgehead atoms. The van der Waals surface area contributed by atoms with E-state index in [1.807, 2.05) is 13.0 Å². The van der Waals surface area contributed by atoms with Crippen LogP contribution in [0.15, 0.2) is 23.1 Å². The molecule has 6 nitrogen and oxygen atoms in total. The number of carboxylic acid groups (broad SMARTS) is 1. The van der Waals surface area contributed by atoms with Crippen molar-refractivity contribution in [2.24, 2.45) is 11.7 Å². The first-order valence-corrected chi connectivity index (χ1v) is 9.90. The number of nitrogens with zero attached hydrogens (tertiary/aromatic N) is 2. The number of rotatable bonds is 4. The van der Waals surface area contributed by atoms with Crippen molar-refractivity contribution in [3.05, 3.63) is 39.7 Å². The molecule has 1 aromatic carbocycles. The predicted molar refractivity (Wildman–Crippen MR) is 105 cm³/mol. The van der Waals surface area contributed by atoms with Crippen molar-refractivity contribution in [1.82, 2.24) is 4.57 Å². The van der Waals surface area contributed by atoms with Crippen molar-refractivity contribution in [2.45, 2.75) is 50.4 Å². The number of nitrogens with two attached hydrogens (primary N) is 1. The highest BCUT2D eigenvalue weighted by Crippen LogP contribution is 2.46. The molecule has 1 saturated heterocycles. The van der Waals surface area contributed by atoms with E-state index >= 15 is 0 Å². The van der Waals surface area contributed by atoms with Crippen LogP contribution in [0.5, 0.6) is 0 Å². The van der Waals surface area contributed by atoms with Gasteiger partial charge in [-0.1, -0.05) is 0 Å². The molecule has 0 radical (unpaired) electrons. The maximum atomic E-state index is 13.9. The summed E-state index contributed by atoms with van der Waals surface area (Å²) in [6.07, 6.45) is 3.88. The van der Waals surface area contributed by atoms with Gasteiger partial charge in [0, 0.05) is 42.3 Å². The lowest BCUT2D eigenvalue weighted by atomic mass is 9.97. The number of halogens is 1. The van der Waals surface area contributed by atoms with Crippen molar-refractivity contribution < 1.29 is 14.3 Å². The Kier molecular flexibility index (Phi) is 3.66. The van der Waals surface area contributed by atoms with Crippen molar-refractivity contribution in [3.63, 3.8) is 0 Å². The fourth-order valence-corrected chi connectivity index (χ4v) is 4.81. The van der Waals surface area contributed by atoms with E-state index in [4.69, 9.17) is 5.73 Å². The van der Waals surface area contributed by atoms with Gasteiger partial charge in [0.2, 0.25) is 5.43 Å². The van der Waals surface area contributed by atoms with Crippen LogP contribution in [-0.2, 0) is 0 Å². The highest BCUT2D eigenvalue weighted by atomic mass is 19.1. The zero-order chi connectivity index (χ0) is 19.8. The second kappa shape index (κ2) is 5.80. The minimum atomic E-state index is -1.28. The standard InChI is InChI=1S/C21H24FN3O3/c1-11-16(24-7-4-12(9-24)21(23)5-6-21)3-2-13-18(11)25(17-8-15(17)22)10-14(19(13)26)20(27)28/h2-3,10,12,15,17H,4-9,23H2,1H3,(H,27,28)/t12-,15-,17-/m1/s1. The van der Waals surface area contributed by atoms with Gasteiger partial charge in [-0.2, -0.15) is 0 Å². The van der Waals surface area contributed by atoms with Crippen LogP contribution in [0.1, 0.15) is 47.6 Å². The van der Waals surface area contributed by atoms with Crippen LogP contribution in [0, 0.1) is 12.8 Å². The molecule has 0 spiro atoms. The summed E-state index contributed by atoms with van der Waals surface area (Å²) in [5, 5.41) is 9.74. The number of alkyl halides is 1. The van der Waals surface area contributed by atoms with Gasteiger partial charge in [-0.15, -0.1) is 0 Å². The van der Waals surface area contributed by atoms with E-state index in [0.29, 0.717) is 23.2 Å². The molecule has 28 heavy (non-hydrogen) atoms. The topological polar surface area (TPSA) is 88.6 Å². The van der Waals surface area contributed by atoms with Gasteiger partial charge in [0.1, 0.15) is 11.7 Å². The molecule has 2 saturated carbocycles. The molecule has 148 valence electrons. The lowest BCUT2D eigenvalue weighted by molar-refractivity contribution is 0.0694. The molecule has 7 heteroatoms. The van der Waals surface area contributed by atoms with E-state index < -0.39 is 23.6 Å². The number of aryl methyl sites for hydroxylation is 1. The summed E-state index contributed by atoms with van der Waals surface area (Å²) in [7, 11) is 0. The molecule has 3 fully saturated rings. The van der Waals surface area contributed by atoms with Gasteiger partial charge in [0.15, 0.2) is 0 Å². The van der Waals surface area contributed by atoms with Crippen molar-refractivity contribution >= 4 is 22.6 Å². The molecular weight excluding hydrogens is 361 g/mol. The minimum Gasteiger partial charge on any atom is -0.477 e. The van der Waals surface area contributed by atoms with Crippen LogP contribution >= 0.6 is 0 Å². The van der Waals surface area contributed by atoms with Crippen molar-refractivity contribution in [2.75, 3.05) is 18.0 Å². The number of fused-ring (bicyclic) bond motifs is 1. The summed E-state index contributed by atoms with van der Waals surface area (Å²) in [6.45, 7) is 3.73. The van der Waals surface area contributed by atoms with E-state index in [2.05, 4.69) is 4.90 Å². The zero-order valence-electron chi connectivity index (χ0n) is 15.8. The van der Waals surface area contributed by atoms with Crippen LogP contribution in [0.25, 0.3) is 10.9 Å². The monoisotopic (exact) mass is 385 g/mol. The van der Waals surface area contributed by atoms with Gasteiger partial charge < -0.3 is 20.3 Å². The van der Waals surface area contributed by atoms with Gasteiger partial charge in [-0.05, 0) is 49.8 Å². The number of hydrogen-bond donors (Lipinski definition) is 2. The Morgan fingerprint density at radius 2 is 2.07 bits per heavy atom. The van der Waals surface area contributed by atoms with Gasteiger partial charge >= 0.3 is 5.97 Å². The SMILES string of the molecule is Cc1c(N2CC[C@@H](C3(N)CC3)C2)ccc2c(=O)c(C(=O)O)cn([C@@H]3C[C@H]3F)c12. The first-order chi connectivity index (χ1) is 13.3. The van der Waals surface area contributed by atoms with Gasteiger partial charge in [0.05, 0.1) is 11.6 Å². The number of benzene rings is 1. The van der Waals surface area contributed by atoms with Crippen LogP contribution in [-0.4, -0.2) is 40.4 Å². The maximum Gasteiger partial charge on any atom is 0.341 e. The van der Waals surface area contributed by atoms with E-state index in [-0.39, 0.29) is 11.1 Å². The summed E-state index contributed by atoms with van der Waals surface area (Å²) in [4.78, 5) is 26.5. The molecule has 0 unspecified atom stereocenters. The molecule has 2 heterocycles. The summed E-state index contributed by atoms with van der Waals surface area (Å²) in [6, 6.07) is 3.19. The third kappa shape index (κ3) is 2.56. The number of hydrogen-bond acceptors (Lipinski definition) is 4. The number of anilines is 1. The third-order valence-electron chi connectivity index (χ3n) is 6.86. The van der Waals surface area contributed by atoms with E-state index in [1.165, 1.54) is 6.20 Å². The summed E-state index contributed by atoms with van der Waals surface area (Å²) in [5.41, 5.74) is 8.13. The molecule has 5 rings (SSSR count). The Morgan fingerprint density at radius 3 is 2.68 bits per heavy atom. The molecule has 2 aliphatic carbocycles. The summed E-state index contributed by atoms with van der Waals surface area (Å²) in [5.74, 6) is -0.809. The zero-order valence-corrected chi connectivity index (χ0v) is 15.8. The highest BCUT2D eigenvalue weighted by molar-refractivity contribution is 5.95. The highest BCUT2D eigenvalue weighted by Gasteiger charge is 2.48. The molecular formula is C21H24FN3O3. The Morgan fingerprint density at radius 1 is 1.36 bits per heavy atom. The number of carbonyl (C=O) groups is 1. The van der Waals surface area contributed by atoms with Gasteiger partial charge in [0.25, 0.3) is 0 Å². The summed E-state index contributed by atoms with van der Waals surface area (Å²) >= 11 is 0. The molecule has 1 aliphatic heterocycles. The van der Waals surface area contributed by atoms with Crippen LogP contribution in [0.3, 0.4) is 0 Å². The normalized spacial score (nSPS) is 28.0. The van der Waals surface area contributed by atoms with Crippen molar-refractivity contribution in [3.8, 4) is 0 Å². The Balaban J connectivity index is 1.63. The van der Waals surface area contributed by atoms with E-state index in [0.717, 1.165) is 43.6 Å². The number of carboxylic acids is 1. The summed E-state index contributed by atoms with van der Waals surface area (Å²) < 4.78 is 15.5. The first kappa shape index (κ1) is 17.7. The second-order valence-electron chi connectivity index (χ2n) is 8.67. The smallest absolute Gasteiger partial charge is 0.341 e. The molecule has 1 aromatic heterocycles. The molecule has 3 atom stereocenters. The Hall–Kier alpha value is -2.41. The van der Waals surface area contributed by atoms with E-state index in [9.17, 15) is 19.1 Å². The second-order valence-corrected chi connectivity index (χ2v) is 8.67. The van der Waals surface area contributed by atoms with Gasteiger partial charge in [-0.3, -0.25) is 4.79 Å². The molecule has 3 aliphatic rings. The van der Waals surface area contributed by atoms with Crippen molar-refractivity contribution in [1.29, 1.82) is 0 Å². The van der Waals surface area contributed by atoms with E-state index in [1.54, 1.807) is 10.6 Å². The quantitative estimate of drug-likeness (QED) is 0.845. The lowest BCUT2D eigenvalue weighted by Gasteiger charge is -2.25. The Labute approximate surface area is 161 Å². The number of aromatic nitrogens is 1. The molecule has 2 aromatic rings. The predicted octanol–water partition coefficient (Wildman–Crippen LogP) is 2.61. The fraction of sp³-hybridized carbons (Fsp3) is 0.524. The average Bonchev–Trinajstić information content (AvgIpc) is 3.52. The average molecular weight is 385 g/mol. The van der Waals surface area contributed by atoms with Crippen LogP contribution in [0.4, 0.5) is 10.1 Å². The number of pyridine rings is 1. The third-order valence-corrected chi connectivity index (χ3v) is 6.86. The van der Waals surface area contributed by atoms with Gasteiger partial charge in [-0.25, -0.2) is 9.18 Å².